The summed E-state index contributed by atoms with van der Waals surface area (Å²) in [6, 6.07) is 7.82. The second kappa shape index (κ2) is 11.2. The van der Waals surface area contributed by atoms with Crippen LogP contribution in [0.3, 0.4) is 0 Å². The van der Waals surface area contributed by atoms with Crippen molar-refractivity contribution in [2.75, 3.05) is 33.2 Å². The molecule has 0 radical (unpaired) electrons. The molecule has 0 spiro atoms. The molecule has 1 aromatic rings. The molecule has 1 fully saturated rings. The summed E-state index contributed by atoms with van der Waals surface area (Å²) >= 11 is 5.97. The summed E-state index contributed by atoms with van der Waals surface area (Å²) in [6.45, 7) is 2.78. The first kappa shape index (κ1) is 20.6. The summed E-state index contributed by atoms with van der Waals surface area (Å²) in [7, 11) is 1.71. The number of aliphatic imine (C=N–C) groups is 1. The molecular formula is C17H26Cl2N4O. The molecule has 1 aliphatic heterocycles. The highest BCUT2D eigenvalue weighted by Crippen LogP contribution is 2.10. The number of rotatable bonds is 5. The van der Waals surface area contributed by atoms with Gasteiger partial charge in [0.2, 0.25) is 5.91 Å². The van der Waals surface area contributed by atoms with E-state index in [9.17, 15) is 4.79 Å². The molecule has 0 bridgehead atoms. The summed E-state index contributed by atoms with van der Waals surface area (Å²) in [4.78, 5) is 18.2. The predicted octanol–water partition coefficient (Wildman–Crippen LogP) is 2.48. The maximum absolute atomic E-state index is 12.1. The number of carbonyl (C=O) groups is 1. The van der Waals surface area contributed by atoms with Crippen molar-refractivity contribution in [2.45, 2.75) is 25.7 Å². The van der Waals surface area contributed by atoms with E-state index in [2.05, 4.69) is 15.6 Å². The SMILES string of the molecule is CN=C(NCCc1cccc(Cl)c1)NCC(=O)N1CCCCC1.Cl. The van der Waals surface area contributed by atoms with Gasteiger partial charge in [-0.3, -0.25) is 9.79 Å². The number of benzene rings is 1. The van der Waals surface area contributed by atoms with E-state index < -0.39 is 0 Å². The standard InChI is InChI=1S/C17H25ClN4O.ClH/c1-19-17(20-9-8-14-6-5-7-15(18)12-14)21-13-16(23)22-10-3-2-4-11-22;/h5-7,12H,2-4,8-11,13H2,1H3,(H2,19,20,21);1H. The van der Waals surface area contributed by atoms with Crippen molar-refractivity contribution in [3.05, 3.63) is 34.9 Å². The number of amides is 1. The molecule has 0 atom stereocenters. The molecule has 24 heavy (non-hydrogen) atoms. The Morgan fingerprint density at radius 1 is 1.25 bits per heavy atom. The summed E-state index contributed by atoms with van der Waals surface area (Å²) in [5.74, 6) is 0.792. The van der Waals surface area contributed by atoms with E-state index in [1.54, 1.807) is 7.05 Å². The lowest BCUT2D eigenvalue weighted by Gasteiger charge is -2.27. The van der Waals surface area contributed by atoms with Gasteiger partial charge in [-0.15, -0.1) is 12.4 Å². The average molecular weight is 373 g/mol. The third-order valence-corrected chi connectivity index (χ3v) is 4.17. The van der Waals surface area contributed by atoms with Crippen LogP contribution in [0.5, 0.6) is 0 Å². The molecule has 1 aliphatic rings. The Bertz CT molecular complexity index is 545. The minimum absolute atomic E-state index is 0. The number of likely N-dealkylation sites (tertiary alicyclic amines) is 1. The van der Waals surface area contributed by atoms with Crippen molar-refractivity contribution < 1.29 is 4.79 Å². The maximum Gasteiger partial charge on any atom is 0.241 e. The molecule has 0 unspecified atom stereocenters. The van der Waals surface area contributed by atoms with Gasteiger partial charge in [-0.1, -0.05) is 23.7 Å². The molecule has 1 saturated heterocycles. The van der Waals surface area contributed by atoms with E-state index >= 15 is 0 Å². The van der Waals surface area contributed by atoms with E-state index in [0.717, 1.165) is 43.9 Å². The first-order valence-corrected chi connectivity index (χ1v) is 8.53. The molecule has 1 amide bonds. The van der Waals surface area contributed by atoms with Crippen LogP contribution in [0.1, 0.15) is 24.8 Å². The number of halogens is 2. The van der Waals surface area contributed by atoms with Crippen LogP contribution in [0.15, 0.2) is 29.3 Å². The minimum Gasteiger partial charge on any atom is -0.356 e. The first-order valence-electron chi connectivity index (χ1n) is 8.16. The van der Waals surface area contributed by atoms with Crippen LogP contribution in [-0.4, -0.2) is 50.0 Å². The van der Waals surface area contributed by atoms with E-state index in [4.69, 9.17) is 11.6 Å². The van der Waals surface area contributed by atoms with Crippen LogP contribution >= 0.6 is 24.0 Å². The van der Waals surface area contributed by atoms with Gasteiger partial charge in [0.05, 0.1) is 6.54 Å². The summed E-state index contributed by atoms with van der Waals surface area (Å²) in [6.07, 6.45) is 4.29. The molecule has 0 aliphatic carbocycles. The van der Waals surface area contributed by atoms with Gasteiger partial charge < -0.3 is 15.5 Å². The smallest absolute Gasteiger partial charge is 0.241 e. The highest BCUT2D eigenvalue weighted by atomic mass is 35.5. The molecule has 1 heterocycles. The molecular weight excluding hydrogens is 347 g/mol. The lowest BCUT2D eigenvalue weighted by atomic mass is 10.1. The Hall–Kier alpha value is -1.46. The van der Waals surface area contributed by atoms with E-state index in [-0.39, 0.29) is 24.9 Å². The number of carbonyl (C=O) groups excluding carboxylic acids is 1. The van der Waals surface area contributed by atoms with Gasteiger partial charge in [-0.25, -0.2) is 0 Å². The van der Waals surface area contributed by atoms with Gasteiger partial charge in [0.1, 0.15) is 0 Å². The third-order valence-electron chi connectivity index (χ3n) is 3.93. The second-order valence-electron chi connectivity index (χ2n) is 5.67. The summed E-state index contributed by atoms with van der Waals surface area (Å²) in [5, 5.41) is 7.05. The van der Waals surface area contributed by atoms with E-state index in [0.29, 0.717) is 5.96 Å². The van der Waals surface area contributed by atoms with Crippen LogP contribution in [0.2, 0.25) is 5.02 Å². The highest BCUT2D eigenvalue weighted by molar-refractivity contribution is 6.30. The van der Waals surface area contributed by atoms with E-state index in [1.165, 1.54) is 12.0 Å². The Balaban J connectivity index is 0.00000288. The molecule has 134 valence electrons. The maximum atomic E-state index is 12.1. The minimum atomic E-state index is 0. The van der Waals surface area contributed by atoms with Crippen LogP contribution in [0, 0.1) is 0 Å². The van der Waals surface area contributed by atoms with Crippen LogP contribution in [0.4, 0.5) is 0 Å². The zero-order valence-corrected chi connectivity index (χ0v) is 15.6. The monoisotopic (exact) mass is 372 g/mol. The highest BCUT2D eigenvalue weighted by Gasteiger charge is 2.16. The average Bonchev–Trinajstić information content (AvgIpc) is 2.58. The Labute approximate surface area is 155 Å². The second-order valence-corrected chi connectivity index (χ2v) is 6.11. The number of hydrogen-bond acceptors (Lipinski definition) is 2. The first-order chi connectivity index (χ1) is 11.2. The van der Waals surface area contributed by atoms with Crippen molar-refractivity contribution in [1.82, 2.24) is 15.5 Å². The zero-order chi connectivity index (χ0) is 16.5. The van der Waals surface area contributed by atoms with Crippen LogP contribution in [-0.2, 0) is 11.2 Å². The third kappa shape index (κ3) is 6.97. The van der Waals surface area contributed by atoms with Crippen molar-refractivity contribution in [3.8, 4) is 0 Å². The van der Waals surface area contributed by atoms with Crippen molar-refractivity contribution in [3.63, 3.8) is 0 Å². The van der Waals surface area contributed by atoms with Crippen LogP contribution < -0.4 is 10.6 Å². The largest absolute Gasteiger partial charge is 0.356 e. The molecule has 2 rings (SSSR count). The molecule has 1 aromatic carbocycles. The number of nitrogens with one attached hydrogen (secondary N) is 2. The lowest BCUT2D eigenvalue weighted by Crippen LogP contribution is -2.46. The normalized spacial score (nSPS) is 14.8. The quantitative estimate of drug-likeness (QED) is 0.616. The van der Waals surface area contributed by atoms with Gasteiger partial charge in [0.25, 0.3) is 0 Å². The molecule has 7 heteroatoms. The number of piperidine rings is 1. The number of hydrogen-bond donors (Lipinski definition) is 2. The fourth-order valence-corrected chi connectivity index (χ4v) is 2.87. The molecule has 5 nitrogen and oxygen atoms in total. The number of guanidine groups is 1. The zero-order valence-electron chi connectivity index (χ0n) is 14.1. The Morgan fingerprint density at radius 3 is 2.67 bits per heavy atom. The molecule has 0 aromatic heterocycles. The van der Waals surface area contributed by atoms with Crippen molar-refractivity contribution >= 4 is 35.9 Å². The predicted molar refractivity (Wildman–Crippen MR) is 102 cm³/mol. The molecule has 2 N–H and O–H groups in total. The molecule has 0 saturated carbocycles. The summed E-state index contributed by atoms with van der Waals surface area (Å²) < 4.78 is 0. The van der Waals surface area contributed by atoms with Gasteiger partial charge in [-0.05, 0) is 43.4 Å². The number of nitrogens with zero attached hydrogens (tertiary/aromatic N) is 2. The fourth-order valence-electron chi connectivity index (χ4n) is 2.65. The van der Waals surface area contributed by atoms with Crippen LogP contribution in [0.25, 0.3) is 0 Å². The topological polar surface area (TPSA) is 56.7 Å². The van der Waals surface area contributed by atoms with Gasteiger partial charge >= 0.3 is 0 Å². The summed E-state index contributed by atoms with van der Waals surface area (Å²) in [5.41, 5.74) is 1.17. The van der Waals surface area contributed by atoms with E-state index in [1.807, 2.05) is 29.2 Å². The van der Waals surface area contributed by atoms with Crippen molar-refractivity contribution in [2.24, 2.45) is 4.99 Å². The van der Waals surface area contributed by atoms with Gasteiger partial charge in [0.15, 0.2) is 5.96 Å². The Morgan fingerprint density at radius 2 is 2.00 bits per heavy atom. The van der Waals surface area contributed by atoms with Gasteiger partial charge in [0, 0.05) is 31.7 Å². The Kier molecular flexibility index (Phi) is 9.57. The fraction of sp³-hybridized carbons (Fsp3) is 0.529. The lowest BCUT2D eigenvalue weighted by molar-refractivity contribution is -0.130. The van der Waals surface area contributed by atoms with Gasteiger partial charge in [-0.2, -0.15) is 0 Å². The van der Waals surface area contributed by atoms with Crippen molar-refractivity contribution in [1.29, 1.82) is 0 Å².